The number of aromatic nitrogens is 1. The van der Waals surface area contributed by atoms with Crippen molar-refractivity contribution in [3.8, 4) is 0 Å². The number of carbonyl (C=O) groups excluding carboxylic acids is 3. The van der Waals surface area contributed by atoms with E-state index in [2.05, 4.69) is 21.2 Å². The first kappa shape index (κ1) is 25.1. The van der Waals surface area contributed by atoms with Gasteiger partial charge in [0.25, 0.3) is 11.8 Å². The van der Waals surface area contributed by atoms with Gasteiger partial charge in [-0.2, -0.15) is 0 Å². The quantitative estimate of drug-likeness (QED) is 0.210. The monoisotopic (exact) mass is 502 g/mol. The number of aliphatic carboxylic acids is 2. The number of aromatic amines is 1. The molecule has 0 saturated heterocycles. The third-order valence-corrected chi connectivity index (χ3v) is 5.20. The molecule has 0 saturated carbocycles. The molecule has 12 nitrogen and oxygen atoms in total. The number of benzene rings is 2. The van der Waals surface area contributed by atoms with E-state index in [1.54, 1.807) is 24.3 Å². The molecule has 35 heavy (non-hydrogen) atoms. The van der Waals surface area contributed by atoms with E-state index < -0.39 is 41.9 Å². The lowest BCUT2D eigenvalue weighted by Crippen LogP contribution is -2.42. The number of nitrogens with one attached hydrogen (secondary N) is 4. The van der Waals surface area contributed by atoms with E-state index >= 15 is 0 Å². The van der Waals surface area contributed by atoms with Gasteiger partial charge in [-0.15, -0.1) is 0 Å². The van der Waals surface area contributed by atoms with Crippen molar-refractivity contribution in [1.82, 2.24) is 15.8 Å². The highest BCUT2D eigenvalue weighted by Gasteiger charge is 2.43. The molecule has 0 aliphatic heterocycles. The Hall–Kier alpha value is -4.58. The second-order valence-electron chi connectivity index (χ2n) is 7.51. The molecule has 0 aliphatic carbocycles. The van der Waals surface area contributed by atoms with Gasteiger partial charge in [-0.25, -0.2) is 4.79 Å². The van der Waals surface area contributed by atoms with Crippen molar-refractivity contribution in [2.75, 3.05) is 11.9 Å². The number of ether oxygens (including phenoxy) is 1. The van der Waals surface area contributed by atoms with Crippen LogP contribution in [0.4, 0.5) is 10.5 Å². The predicted molar refractivity (Wildman–Crippen MR) is 123 cm³/mol. The third-order valence-electron chi connectivity index (χ3n) is 4.96. The Balaban J connectivity index is 1.63. The van der Waals surface area contributed by atoms with Crippen LogP contribution in [0.25, 0.3) is 10.9 Å². The van der Waals surface area contributed by atoms with Crippen LogP contribution in [-0.4, -0.2) is 51.7 Å². The van der Waals surface area contributed by atoms with E-state index in [9.17, 15) is 24.0 Å². The Morgan fingerprint density at radius 1 is 0.971 bits per heavy atom. The molecular formula is C22H19ClN4O8. The van der Waals surface area contributed by atoms with Crippen LogP contribution in [0.3, 0.4) is 0 Å². The van der Waals surface area contributed by atoms with E-state index in [-0.39, 0.29) is 16.9 Å². The minimum atomic E-state index is -2.35. The van der Waals surface area contributed by atoms with Gasteiger partial charge in [0, 0.05) is 15.9 Å². The van der Waals surface area contributed by atoms with Gasteiger partial charge in [0.05, 0.1) is 11.3 Å². The zero-order valence-corrected chi connectivity index (χ0v) is 18.8. The summed E-state index contributed by atoms with van der Waals surface area (Å²) in [7, 11) is 0. The Kier molecular flexibility index (Phi) is 7.25. The lowest BCUT2D eigenvalue weighted by atomic mass is 9.92. The van der Waals surface area contributed by atoms with Crippen LogP contribution < -0.4 is 16.2 Å². The Labute approximate surface area is 202 Å². The summed E-state index contributed by atoms with van der Waals surface area (Å²) in [5, 5.41) is 21.6. The largest absolute Gasteiger partial charge is 0.480 e. The molecule has 0 fully saturated rings. The second kappa shape index (κ2) is 10.1. The van der Waals surface area contributed by atoms with Gasteiger partial charge in [-0.05, 0) is 43.3 Å². The number of rotatable bonds is 7. The number of carboxylic acids is 2. The summed E-state index contributed by atoms with van der Waals surface area (Å²) in [5.74, 6) is -4.80. The molecule has 3 amide bonds. The summed E-state index contributed by atoms with van der Waals surface area (Å²) in [6, 6.07) is 12.3. The first-order chi connectivity index (χ1) is 16.5. The molecule has 0 atom stereocenters. The molecule has 0 bridgehead atoms. The molecule has 1 aromatic heterocycles. The zero-order valence-electron chi connectivity index (χ0n) is 18.0. The molecule has 0 unspecified atom stereocenters. The van der Waals surface area contributed by atoms with Gasteiger partial charge >= 0.3 is 18.0 Å². The highest BCUT2D eigenvalue weighted by Crippen LogP contribution is 2.21. The van der Waals surface area contributed by atoms with Crippen LogP contribution in [-0.2, 0) is 14.3 Å². The maximum Gasteiger partial charge on any atom is 0.411 e. The molecule has 3 aromatic rings. The topological polar surface area (TPSA) is 187 Å². The summed E-state index contributed by atoms with van der Waals surface area (Å²) in [4.78, 5) is 62.4. The lowest BCUT2D eigenvalue weighted by molar-refractivity contribution is -0.165. The maximum atomic E-state index is 12.6. The molecule has 0 spiro atoms. The van der Waals surface area contributed by atoms with Gasteiger partial charge in [0.15, 0.2) is 5.41 Å². The van der Waals surface area contributed by atoms with Gasteiger partial charge < -0.3 is 19.9 Å². The first-order valence-electron chi connectivity index (χ1n) is 9.90. The molecule has 2 aromatic carbocycles. The van der Waals surface area contributed by atoms with Gasteiger partial charge in [-0.1, -0.05) is 23.7 Å². The average Bonchev–Trinajstić information content (AvgIpc) is 3.24. The van der Waals surface area contributed by atoms with Gasteiger partial charge in [0.2, 0.25) is 0 Å². The van der Waals surface area contributed by atoms with Crippen molar-refractivity contribution >= 4 is 58.0 Å². The first-order valence-corrected chi connectivity index (χ1v) is 10.3. The Bertz CT molecular complexity index is 1320. The van der Waals surface area contributed by atoms with Crippen LogP contribution in [0.15, 0.2) is 48.5 Å². The number of hydrazine groups is 1. The van der Waals surface area contributed by atoms with Crippen LogP contribution in [0, 0.1) is 5.41 Å². The number of carboxylic acid groups (broad SMARTS) is 2. The number of amides is 3. The predicted octanol–water partition coefficient (Wildman–Crippen LogP) is 2.62. The van der Waals surface area contributed by atoms with E-state index in [0.29, 0.717) is 15.9 Å². The molecule has 13 heteroatoms. The van der Waals surface area contributed by atoms with Crippen LogP contribution in [0.1, 0.15) is 27.8 Å². The number of anilines is 1. The maximum absolute atomic E-state index is 12.6. The third kappa shape index (κ3) is 5.68. The molecule has 6 N–H and O–H groups in total. The van der Waals surface area contributed by atoms with Crippen molar-refractivity contribution in [3.63, 3.8) is 0 Å². The number of para-hydroxylation sites is 1. The summed E-state index contributed by atoms with van der Waals surface area (Å²) < 4.78 is 4.73. The second-order valence-corrected chi connectivity index (χ2v) is 7.95. The molecule has 182 valence electrons. The van der Waals surface area contributed by atoms with Crippen LogP contribution in [0.5, 0.6) is 0 Å². The summed E-state index contributed by atoms with van der Waals surface area (Å²) in [6.07, 6.45) is -1.18. The molecule has 0 radical (unpaired) electrons. The number of carbonyl (C=O) groups is 5. The zero-order chi connectivity index (χ0) is 25.8. The smallest absolute Gasteiger partial charge is 0.411 e. The van der Waals surface area contributed by atoms with Crippen molar-refractivity contribution in [2.45, 2.75) is 6.92 Å². The van der Waals surface area contributed by atoms with E-state index in [4.69, 9.17) is 26.6 Å². The normalized spacial score (nSPS) is 10.9. The van der Waals surface area contributed by atoms with Crippen molar-refractivity contribution in [3.05, 3.63) is 64.8 Å². The number of hydrogen-bond donors (Lipinski definition) is 6. The molecular weight excluding hydrogens is 484 g/mol. The Morgan fingerprint density at radius 2 is 1.63 bits per heavy atom. The Morgan fingerprint density at radius 3 is 2.31 bits per heavy atom. The summed E-state index contributed by atoms with van der Waals surface area (Å²) >= 11 is 5.94. The molecule has 1 heterocycles. The van der Waals surface area contributed by atoms with E-state index in [1.165, 1.54) is 24.3 Å². The van der Waals surface area contributed by atoms with Gasteiger partial charge in [-0.3, -0.25) is 35.3 Å². The standard InChI is InChI=1S/C22H19ClN4O8/c1-22(19(30)31,20(32)33)10-35-21(34)25-15-5-3-2-4-13(15)17(28)26-27-18(29)16-9-11-8-12(23)6-7-14(11)24-16/h2-9,24H,10H2,1H3,(H,25,34)(H,26,28)(H,27,29)(H,30,31)(H,32,33). The minimum absolute atomic E-state index is 0.0307. The van der Waals surface area contributed by atoms with Crippen molar-refractivity contribution in [1.29, 1.82) is 0 Å². The highest BCUT2D eigenvalue weighted by atomic mass is 35.5. The summed E-state index contributed by atoms with van der Waals surface area (Å²) in [6.45, 7) is -0.0690. The number of fused-ring (bicyclic) bond motifs is 1. The van der Waals surface area contributed by atoms with Gasteiger partial charge in [0.1, 0.15) is 12.3 Å². The fourth-order valence-corrected chi connectivity index (χ4v) is 3.02. The number of halogens is 1. The number of H-pyrrole nitrogens is 1. The lowest BCUT2D eigenvalue weighted by Gasteiger charge is -2.19. The van der Waals surface area contributed by atoms with Crippen molar-refractivity contribution < 1.29 is 38.9 Å². The minimum Gasteiger partial charge on any atom is -0.480 e. The molecule has 0 aliphatic rings. The van der Waals surface area contributed by atoms with E-state index in [0.717, 1.165) is 6.92 Å². The van der Waals surface area contributed by atoms with E-state index in [1.807, 2.05) is 0 Å². The molecule has 3 rings (SSSR count). The average molecular weight is 503 g/mol. The summed E-state index contributed by atoms with van der Waals surface area (Å²) in [5.41, 5.74) is 2.85. The van der Waals surface area contributed by atoms with Crippen molar-refractivity contribution in [2.24, 2.45) is 5.41 Å². The highest BCUT2D eigenvalue weighted by molar-refractivity contribution is 6.31. The number of hydrogen-bond acceptors (Lipinski definition) is 6. The fraction of sp³-hybridized carbons (Fsp3) is 0.136. The SMILES string of the molecule is CC(COC(=O)Nc1ccccc1C(=O)NNC(=O)c1cc2cc(Cl)ccc2[nH]1)(C(=O)O)C(=O)O. The fourth-order valence-electron chi connectivity index (χ4n) is 2.84. The van der Waals surface area contributed by atoms with Crippen LogP contribution in [0.2, 0.25) is 5.02 Å². The van der Waals surface area contributed by atoms with Crippen LogP contribution >= 0.6 is 11.6 Å².